The lowest BCUT2D eigenvalue weighted by Crippen LogP contribution is -2.09. The van der Waals surface area contributed by atoms with Crippen LogP contribution in [0.5, 0.6) is 0 Å². The molecule has 1 N–H and O–H groups in total. The van der Waals surface area contributed by atoms with Gasteiger partial charge >= 0.3 is 5.97 Å². The molecule has 110 valence electrons. The van der Waals surface area contributed by atoms with Gasteiger partial charge in [-0.25, -0.2) is 0 Å². The van der Waals surface area contributed by atoms with Gasteiger partial charge in [0, 0.05) is 16.7 Å². The number of ether oxygens (including phenoxy) is 1. The summed E-state index contributed by atoms with van der Waals surface area (Å²) < 4.78 is 5.79. The second kappa shape index (κ2) is 7.27. The molecule has 0 fully saturated rings. The molecule has 0 aliphatic rings. The number of esters is 1. The summed E-state index contributed by atoms with van der Waals surface area (Å²) in [5.74, 6) is -0.222. The van der Waals surface area contributed by atoms with E-state index in [4.69, 9.17) is 4.74 Å². The number of carbonyl (C=O) groups is 1. The maximum Gasteiger partial charge on any atom is 0.309 e. The third-order valence-corrected chi connectivity index (χ3v) is 3.66. The topological polar surface area (TPSA) is 38.3 Å². The van der Waals surface area contributed by atoms with Crippen molar-refractivity contribution in [1.29, 1.82) is 0 Å². The normalized spacial score (nSPS) is 10.2. The Balaban J connectivity index is 2.10. The molecule has 0 aromatic heterocycles. The second-order valence-electron chi connectivity index (χ2n) is 4.89. The number of carbonyl (C=O) groups excluding carboxylic acids is 1. The van der Waals surface area contributed by atoms with Crippen LogP contribution in [0, 0.1) is 6.92 Å². The first-order valence-corrected chi connectivity index (χ1v) is 7.52. The molecule has 2 rings (SSSR count). The Morgan fingerprint density at radius 1 is 1.19 bits per heavy atom. The highest BCUT2D eigenvalue weighted by atomic mass is 79.9. The second-order valence-corrected chi connectivity index (χ2v) is 5.81. The van der Waals surface area contributed by atoms with Crippen LogP contribution in [0.2, 0.25) is 0 Å². The van der Waals surface area contributed by atoms with Gasteiger partial charge in [0.05, 0.1) is 13.5 Å². The monoisotopic (exact) mass is 347 g/mol. The molecule has 0 aliphatic carbocycles. The van der Waals surface area contributed by atoms with Gasteiger partial charge in [-0.1, -0.05) is 40.2 Å². The smallest absolute Gasteiger partial charge is 0.309 e. The molecule has 4 heteroatoms. The quantitative estimate of drug-likeness (QED) is 0.828. The largest absolute Gasteiger partial charge is 0.469 e. The third-order valence-electron chi connectivity index (χ3n) is 3.21. The predicted molar refractivity (Wildman–Crippen MR) is 88.4 cm³/mol. The van der Waals surface area contributed by atoms with Crippen molar-refractivity contribution in [3.8, 4) is 0 Å². The summed E-state index contributed by atoms with van der Waals surface area (Å²) in [5.41, 5.74) is 4.33. The first-order valence-electron chi connectivity index (χ1n) is 6.73. The average Bonchev–Trinajstić information content (AvgIpc) is 2.45. The number of methoxy groups -OCH3 is 1. The number of hydrogen-bond acceptors (Lipinski definition) is 3. The minimum atomic E-state index is -0.222. The van der Waals surface area contributed by atoms with Crippen molar-refractivity contribution in [3.05, 3.63) is 63.6 Å². The molecule has 0 saturated carbocycles. The summed E-state index contributed by atoms with van der Waals surface area (Å²) in [5, 5.41) is 3.39. The molecular formula is C17H18BrNO2. The molecule has 0 heterocycles. The minimum absolute atomic E-state index is 0.222. The maximum absolute atomic E-state index is 11.4. The van der Waals surface area contributed by atoms with Crippen molar-refractivity contribution >= 4 is 27.6 Å². The number of anilines is 1. The highest BCUT2D eigenvalue weighted by Gasteiger charge is 2.07. The molecule has 2 aromatic carbocycles. The zero-order chi connectivity index (χ0) is 15.2. The molecule has 21 heavy (non-hydrogen) atoms. The van der Waals surface area contributed by atoms with E-state index in [1.807, 2.05) is 30.3 Å². The lowest BCUT2D eigenvalue weighted by atomic mass is 10.0. The average molecular weight is 348 g/mol. The van der Waals surface area contributed by atoms with Crippen LogP contribution in [0.3, 0.4) is 0 Å². The van der Waals surface area contributed by atoms with Crippen LogP contribution in [0.4, 0.5) is 5.69 Å². The molecule has 0 unspecified atom stereocenters. The zero-order valence-electron chi connectivity index (χ0n) is 12.2. The first kappa shape index (κ1) is 15.6. The highest BCUT2D eigenvalue weighted by molar-refractivity contribution is 9.10. The summed E-state index contributed by atoms with van der Waals surface area (Å²) in [6.07, 6.45) is 0.297. The van der Waals surface area contributed by atoms with E-state index in [1.54, 1.807) is 0 Å². The highest BCUT2D eigenvalue weighted by Crippen LogP contribution is 2.20. The summed E-state index contributed by atoms with van der Waals surface area (Å²) >= 11 is 3.49. The van der Waals surface area contributed by atoms with Crippen LogP contribution in [0.1, 0.15) is 16.7 Å². The summed E-state index contributed by atoms with van der Waals surface area (Å²) in [6, 6.07) is 14.1. The Morgan fingerprint density at radius 3 is 2.57 bits per heavy atom. The number of benzene rings is 2. The van der Waals surface area contributed by atoms with Gasteiger partial charge < -0.3 is 10.1 Å². The molecule has 0 saturated heterocycles. The zero-order valence-corrected chi connectivity index (χ0v) is 13.7. The van der Waals surface area contributed by atoms with Gasteiger partial charge in [0.15, 0.2) is 0 Å². The van der Waals surface area contributed by atoms with Crippen molar-refractivity contribution in [2.24, 2.45) is 0 Å². The van der Waals surface area contributed by atoms with Crippen molar-refractivity contribution in [2.75, 3.05) is 12.4 Å². The van der Waals surface area contributed by atoms with Crippen molar-refractivity contribution < 1.29 is 9.53 Å². The summed E-state index contributed by atoms with van der Waals surface area (Å²) in [4.78, 5) is 11.4. The Kier molecular flexibility index (Phi) is 5.39. The molecule has 3 nitrogen and oxygen atoms in total. The Morgan fingerprint density at radius 2 is 1.90 bits per heavy atom. The van der Waals surface area contributed by atoms with E-state index in [0.717, 1.165) is 21.3 Å². The fraction of sp³-hybridized carbons (Fsp3) is 0.235. The van der Waals surface area contributed by atoms with Gasteiger partial charge in [0.2, 0.25) is 0 Å². The maximum atomic E-state index is 11.4. The lowest BCUT2D eigenvalue weighted by molar-refractivity contribution is -0.139. The van der Waals surface area contributed by atoms with Crippen LogP contribution in [0.15, 0.2) is 46.9 Å². The summed E-state index contributed by atoms with van der Waals surface area (Å²) in [6.45, 7) is 2.73. The number of halogens is 1. The molecule has 0 radical (unpaired) electrons. The number of aryl methyl sites for hydroxylation is 1. The lowest BCUT2D eigenvalue weighted by Gasteiger charge is -2.12. The standard InChI is InChI=1S/C17H18BrNO2/c1-12-7-15(18)10-16(8-12)19-11-14-6-4-3-5-13(14)9-17(20)21-2/h3-8,10,19H,9,11H2,1-2H3. The van der Waals surface area contributed by atoms with Crippen LogP contribution < -0.4 is 5.32 Å². The SMILES string of the molecule is COC(=O)Cc1ccccc1CNc1cc(C)cc(Br)c1. The predicted octanol–water partition coefficient (Wildman–Crippen LogP) is 4.09. The van der Waals surface area contributed by atoms with Gasteiger partial charge in [-0.3, -0.25) is 4.79 Å². The van der Waals surface area contributed by atoms with Gasteiger partial charge in [-0.2, -0.15) is 0 Å². The van der Waals surface area contributed by atoms with E-state index >= 15 is 0 Å². The van der Waals surface area contributed by atoms with E-state index in [2.05, 4.69) is 40.3 Å². The number of hydrogen-bond donors (Lipinski definition) is 1. The van der Waals surface area contributed by atoms with Crippen molar-refractivity contribution in [1.82, 2.24) is 0 Å². The van der Waals surface area contributed by atoms with Crippen LogP contribution in [-0.2, 0) is 22.5 Å². The summed E-state index contributed by atoms with van der Waals surface area (Å²) in [7, 11) is 1.41. The number of rotatable bonds is 5. The van der Waals surface area contributed by atoms with Gasteiger partial charge in [-0.05, 0) is 41.8 Å². The van der Waals surface area contributed by atoms with Crippen LogP contribution >= 0.6 is 15.9 Å². The Labute approximate surface area is 133 Å². The molecular weight excluding hydrogens is 330 g/mol. The molecule has 0 amide bonds. The Bertz CT molecular complexity index is 620. The molecule has 0 bridgehead atoms. The van der Waals surface area contributed by atoms with Crippen LogP contribution in [0.25, 0.3) is 0 Å². The van der Waals surface area contributed by atoms with Crippen molar-refractivity contribution in [2.45, 2.75) is 19.9 Å². The molecule has 0 spiro atoms. The van der Waals surface area contributed by atoms with Crippen molar-refractivity contribution in [3.63, 3.8) is 0 Å². The Hall–Kier alpha value is -1.81. The number of nitrogens with one attached hydrogen (secondary N) is 1. The fourth-order valence-electron chi connectivity index (χ4n) is 2.17. The first-order chi connectivity index (χ1) is 10.1. The van der Waals surface area contributed by atoms with Crippen LogP contribution in [-0.4, -0.2) is 13.1 Å². The van der Waals surface area contributed by atoms with Gasteiger partial charge in [0.1, 0.15) is 0 Å². The van der Waals surface area contributed by atoms with Gasteiger partial charge in [-0.15, -0.1) is 0 Å². The molecule has 0 aliphatic heterocycles. The van der Waals surface area contributed by atoms with E-state index < -0.39 is 0 Å². The van der Waals surface area contributed by atoms with E-state index in [0.29, 0.717) is 13.0 Å². The molecule has 0 atom stereocenters. The van der Waals surface area contributed by atoms with E-state index in [-0.39, 0.29) is 5.97 Å². The van der Waals surface area contributed by atoms with E-state index in [9.17, 15) is 4.79 Å². The third kappa shape index (κ3) is 4.60. The fourth-order valence-corrected chi connectivity index (χ4v) is 2.77. The molecule has 2 aromatic rings. The van der Waals surface area contributed by atoms with E-state index in [1.165, 1.54) is 12.7 Å². The van der Waals surface area contributed by atoms with Gasteiger partial charge in [0.25, 0.3) is 0 Å². The minimum Gasteiger partial charge on any atom is -0.469 e.